The van der Waals surface area contributed by atoms with E-state index < -0.39 is 0 Å². The van der Waals surface area contributed by atoms with Gasteiger partial charge in [0, 0.05) is 11.6 Å². The van der Waals surface area contributed by atoms with Crippen molar-refractivity contribution in [3.05, 3.63) is 50.1 Å². The lowest BCUT2D eigenvalue weighted by atomic mass is 10.1. The van der Waals surface area contributed by atoms with Crippen LogP contribution in [0, 0.1) is 0 Å². The summed E-state index contributed by atoms with van der Waals surface area (Å²) in [6.07, 6.45) is 0. The number of halogens is 2. The number of hydrogen-bond donors (Lipinski definition) is 1. The third-order valence-electron chi connectivity index (χ3n) is 3.30. The quantitative estimate of drug-likeness (QED) is 0.875. The molecule has 0 saturated heterocycles. The van der Waals surface area contributed by atoms with Gasteiger partial charge >= 0.3 is 0 Å². The highest BCUT2D eigenvalue weighted by Gasteiger charge is 2.26. The molecule has 0 saturated carbocycles. The third-order valence-corrected chi connectivity index (χ3v) is 4.82. The van der Waals surface area contributed by atoms with Crippen LogP contribution in [0.2, 0.25) is 8.67 Å². The van der Waals surface area contributed by atoms with E-state index in [1.54, 1.807) is 0 Å². The second-order valence-corrected chi connectivity index (χ2v) is 6.85. The van der Waals surface area contributed by atoms with Gasteiger partial charge in [-0.2, -0.15) is 0 Å². The molecular weight excluding hydrogens is 301 g/mol. The first-order chi connectivity index (χ1) is 9.15. The molecule has 3 rings (SSSR count). The number of nitrogens with one attached hydrogen (secondary N) is 1. The molecular formula is C14H13Cl2NOS. The van der Waals surface area contributed by atoms with E-state index in [0.717, 1.165) is 20.0 Å². The van der Waals surface area contributed by atoms with E-state index in [1.807, 2.05) is 24.3 Å². The van der Waals surface area contributed by atoms with E-state index in [0.29, 0.717) is 6.61 Å². The number of para-hydroxylation sites is 1. The first-order valence-corrected chi connectivity index (χ1v) is 7.65. The van der Waals surface area contributed by atoms with E-state index in [1.165, 1.54) is 16.9 Å². The van der Waals surface area contributed by atoms with Crippen LogP contribution >= 0.6 is 34.5 Å². The summed E-state index contributed by atoms with van der Waals surface area (Å²) in [6.45, 7) is 2.74. The Bertz CT molecular complexity index is 599. The minimum atomic E-state index is 0.135. The highest BCUT2D eigenvalue weighted by molar-refractivity contribution is 7.20. The van der Waals surface area contributed by atoms with Gasteiger partial charge in [-0.25, -0.2) is 0 Å². The molecule has 1 aliphatic heterocycles. The summed E-state index contributed by atoms with van der Waals surface area (Å²) in [5, 5.41) is 3.54. The summed E-state index contributed by atoms with van der Waals surface area (Å²) in [6, 6.07) is 10.4. The molecule has 2 unspecified atom stereocenters. The largest absolute Gasteiger partial charge is 0.491 e. The predicted octanol–water partition coefficient (Wildman–Crippen LogP) is 4.84. The van der Waals surface area contributed by atoms with Crippen LogP contribution in [0.25, 0.3) is 0 Å². The fourth-order valence-electron chi connectivity index (χ4n) is 2.34. The van der Waals surface area contributed by atoms with Crippen LogP contribution in [0.5, 0.6) is 5.75 Å². The molecule has 19 heavy (non-hydrogen) atoms. The fourth-order valence-corrected chi connectivity index (χ4v) is 3.99. The first kappa shape index (κ1) is 13.3. The lowest BCUT2D eigenvalue weighted by molar-refractivity contribution is 0.301. The predicted molar refractivity (Wildman–Crippen MR) is 80.6 cm³/mol. The maximum atomic E-state index is 6.19. The van der Waals surface area contributed by atoms with Gasteiger partial charge in [0.2, 0.25) is 0 Å². The van der Waals surface area contributed by atoms with Gasteiger partial charge in [0.25, 0.3) is 0 Å². The highest BCUT2D eigenvalue weighted by atomic mass is 35.5. The summed E-state index contributed by atoms with van der Waals surface area (Å²) in [5.74, 6) is 0.960. The molecule has 1 aromatic carbocycles. The zero-order chi connectivity index (χ0) is 13.4. The number of ether oxygens (including phenoxy) is 1. The summed E-state index contributed by atoms with van der Waals surface area (Å²) in [4.78, 5) is 0. The van der Waals surface area contributed by atoms with Crippen molar-refractivity contribution in [3.63, 3.8) is 0 Å². The zero-order valence-electron chi connectivity index (χ0n) is 10.3. The van der Waals surface area contributed by atoms with Crippen molar-refractivity contribution in [2.75, 3.05) is 6.61 Å². The molecule has 0 spiro atoms. The minimum absolute atomic E-state index is 0.135. The Morgan fingerprint density at radius 1 is 1.37 bits per heavy atom. The van der Waals surface area contributed by atoms with Crippen molar-refractivity contribution in [3.8, 4) is 5.75 Å². The Morgan fingerprint density at radius 3 is 2.89 bits per heavy atom. The van der Waals surface area contributed by atoms with Crippen LogP contribution in [-0.2, 0) is 0 Å². The molecule has 0 bridgehead atoms. The van der Waals surface area contributed by atoms with Crippen LogP contribution in [0.1, 0.15) is 30.1 Å². The molecule has 100 valence electrons. The second kappa shape index (κ2) is 5.33. The average Bonchev–Trinajstić information content (AvgIpc) is 2.94. The van der Waals surface area contributed by atoms with Crippen LogP contribution in [0.4, 0.5) is 0 Å². The SMILES string of the molecule is CC(NC1COc2ccccc21)c1cc(Cl)sc1Cl. The number of hydrogen-bond acceptors (Lipinski definition) is 3. The average molecular weight is 314 g/mol. The van der Waals surface area contributed by atoms with Crippen LogP contribution < -0.4 is 10.1 Å². The van der Waals surface area contributed by atoms with Crippen molar-refractivity contribution < 1.29 is 4.74 Å². The maximum absolute atomic E-state index is 6.19. The smallest absolute Gasteiger partial charge is 0.124 e. The molecule has 0 fully saturated rings. The molecule has 0 amide bonds. The van der Waals surface area contributed by atoms with Gasteiger partial charge < -0.3 is 10.1 Å². The molecule has 0 aliphatic carbocycles. The van der Waals surface area contributed by atoms with Crippen molar-refractivity contribution in [1.29, 1.82) is 0 Å². The van der Waals surface area contributed by atoms with Gasteiger partial charge in [0.15, 0.2) is 0 Å². The zero-order valence-corrected chi connectivity index (χ0v) is 12.6. The first-order valence-electron chi connectivity index (χ1n) is 6.07. The molecule has 0 radical (unpaired) electrons. The second-order valence-electron chi connectivity index (χ2n) is 4.57. The lowest BCUT2D eigenvalue weighted by Crippen LogP contribution is -2.25. The van der Waals surface area contributed by atoms with Crippen molar-refractivity contribution in [2.45, 2.75) is 19.0 Å². The van der Waals surface area contributed by atoms with Gasteiger partial charge in [-0.05, 0) is 24.6 Å². The molecule has 1 N–H and O–H groups in total. The number of rotatable bonds is 3. The van der Waals surface area contributed by atoms with E-state index in [9.17, 15) is 0 Å². The van der Waals surface area contributed by atoms with Gasteiger partial charge in [0.05, 0.1) is 14.7 Å². The molecule has 1 aliphatic rings. The van der Waals surface area contributed by atoms with E-state index in [-0.39, 0.29) is 12.1 Å². The summed E-state index contributed by atoms with van der Waals surface area (Å²) in [5.41, 5.74) is 2.24. The van der Waals surface area contributed by atoms with Crippen molar-refractivity contribution in [2.24, 2.45) is 0 Å². The van der Waals surface area contributed by atoms with Crippen molar-refractivity contribution in [1.82, 2.24) is 5.32 Å². The maximum Gasteiger partial charge on any atom is 0.124 e. The third kappa shape index (κ3) is 2.61. The molecule has 2 aromatic rings. The van der Waals surface area contributed by atoms with Crippen molar-refractivity contribution >= 4 is 34.5 Å². The Hall–Kier alpha value is -0.740. The normalized spacial score (nSPS) is 19.0. The molecule has 1 aromatic heterocycles. The van der Waals surface area contributed by atoms with Crippen LogP contribution in [0.15, 0.2) is 30.3 Å². The van der Waals surface area contributed by atoms with Crippen LogP contribution in [0.3, 0.4) is 0 Å². The summed E-state index contributed by atoms with van der Waals surface area (Å²) in [7, 11) is 0. The van der Waals surface area contributed by atoms with Gasteiger partial charge in [-0.1, -0.05) is 41.4 Å². The lowest BCUT2D eigenvalue weighted by Gasteiger charge is -2.18. The highest BCUT2D eigenvalue weighted by Crippen LogP contribution is 2.37. The minimum Gasteiger partial charge on any atom is -0.491 e. The number of fused-ring (bicyclic) bond motifs is 1. The van der Waals surface area contributed by atoms with Gasteiger partial charge in [-0.15, -0.1) is 11.3 Å². The fraction of sp³-hybridized carbons (Fsp3) is 0.286. The molecule has 2 heterocycles. The van der Waals surface area contributed by atoms with E-state index in [2.05, 4.69) is 18.3 Å². The standard InChI is InChI=1S/C14H13Cl2NOS/c1-8(10-6-13(15)19-14(10)16)17-11-7-18-12-5-3-2-4-9(11)12/h2-6,8,11,17H,7H2,1H3. The summed E-state index contributed by atoms with van der Waals surface area (Å²) < 4.78 is 7.13. The van der Waals surface area contributed by atoms with E-state index >= 15 is 0 Å². The monoisotopic (exact) mass is 313 g/mol. The van der Waals surface area contributed by atoms with Gasteiger partial charge in [0.1, 0.15) is 12.4 Å². The Morgan fingerprint density at radius 2 is 2.16 bits per heavy atom. The molecule has 5 heteroatoms. The number of thiophene rings is 1. The molecule has 2 atom stereocenters. The van der Waals surface area contributed by atoms with Gasteiger partial charge in [-0.3, -0.25) is 0 Å². The summed E-state index contributed by atoms with van der Waals surface area (Å²) >= 11 is 13.6. The number of benzene rings is 1. The van der Waals surface area contributed by atoms with E-state index in [4.69, 9.17) is 27.9 Å². The Kier molecular flexibility index (Phi) is 3.72. The molecule has 2 nitrogen and oxygen atoms in total. The Labute approximate surface area is 126 Å². The Balaban J connectivity index is 1.78. The van der Waals surface area contributed by atoms with Crippen LogP contribution in [-0.4, -0.2) is 6.61 Å². The topological polar surface area (TPSA) is 21.3 Å².